The van der Waals surface area contributed by atoms with Gasteiger partial charge in [0.2, 0.25) is 0 Å². The molecule has 17 heavy (non-hydrogen) atoms. The summed E-state index contributed by atoms with van der Waals surface area (Å²) in [7, 11) is 0. The van der Waals surface area contributed by atoms with Crippen molar-refractivity contribution in [2.45, 2.75) is 25.4 Å². The van der Waals surface area contributed by atoms with Gasteiger partial charge in [-0.2, -0.15) is 5.10 Å². The molecule has 1 saturated carbocycles. The van der Waals surface area contributed by atoms with Gasteiger partial charge in [0.25, 0.3) is 5.56 Å². The van der Waals surface area contributed by atoms with Crippen LogP contribution < -0.4 is 10.9 Å². The fourth-order valence-electron chi connectivity index (χ4n) is 1.60. The third-order valence-electron chi connectivity index (χ3n) is 2.71. The van der Waals surface area contributed by atoms with Gasteiger partial charge >= 0.3 is 0 Å². The van der Waals surface area contributed by atoms with Crippen LogP contribution in [-0.2, 0) is 6.54 Å². The van der Waals surface area contributed by atoms with Crippen LogP contribution >= 0.6 is 0 Å². The van der Waals surface area contributed by atoms with Gasteiger partial charge in [0.1, 0.15) is 6.33 Å². The van der Waals surface area contributed by atoms with Gasteiger partial charge in [0.15, 0.2) is 5.82 Å². The molecular weight excluding hydrogens is 218 g/mol. The highest BCUT2D eigenvalue weighted by molar-refractivity contribution is 5.20. The number of aromatic nitrogens is 4. The maximum atomic E-state index is 10.9. The van der Waals surface area contributed by atoms with Crippen LogP contribution in [0.2, 0.25) is 0 Å². The van der Waals surface area contributed by atoms with Gasteiger partial charge in [0, 0.05) is 24.8 Å². The summed E-state index contributed by atoms with van der Waals surface area (Å²) in [4.78, 5) is 15.2. The van der Waals surface area contributed by atoms with Gasteiger partial charge < -0.3 is 5.32 Å². The van der Waals surface area contributed by atoms with Crippen LogP contribution in [0.5, 0.6) is 0 Å². The Morgan fingerprint density at radius 1 is 1.47 bits per heavy atom. The molecule has 1 fully saturated rings. The van der Waals surface area contributed by atoms with E-state index in [1.165, 1.54) is 18.9 Å². The molecule has 2 heterocycles. The molecule has 0 saturated heterocycles. The van der Waals surface area contributed by atoms with Gasteiger partial charge in [-0.15, -0.1) is 0 Å². The number of H-pyrrole nitrogens is 1. The van der Waals surface area contributed by atoms with Crippen LogP contribution in [0.3, 0.4) is 0 Å². The van der Waals surface area contributed by atoms with Crippen molar-refractivity contribution in [3.63, 3.8) is 0 Å². The van der Waals surface area contributed by atoms with E-state index in [4.69, 9.17) is 0 Å². The zero-order chi connectivity index (χ0) is 11.7. The van der Waals surface area contributed by atoms with Gasteiger partial charge in [-0.05, 0) is 18.9 Å². The molecule has 1 aliphatic carbocycles. The summed E-state index contributed by atoms with van der Waals surface area (Å²) < 4.78 is 1.79. The minimum absolute atomic E-state index is 0.204. The van der Waals surface area contributed by atoms with E-state index in [1.54, 1.807) is 17.0 Å². The molecule has 3 rings (SSSR count). The summed E-state index contributed by atoms with van der Waals surface area (Å²) in [6.45, 7) is 0.779. The second-order valence-electron chi connectivity index (χ2n) is 4.21. The summed E-state index contributed by atoms with van der Waals surface area (Å²) in [6.07, 6.45) is 6.14. The molecule has 2 N–H and O–H groups in total. The Labute approximate surface area is 97.7 Å². The highest BCUT2D eigenvalue weighted by Crippen LogP contribution is 2.19. The van der Waals surface area contributed by atoms with Crippen LogP contribution in [0.15, 0.2) is 29.5 Å². The first-order valence-electron chi connectivity index (χ1n) is 5.63. The predicted octanol–water partition coefficient (Wildman–Crippen LogP) is 0.208. The number of nitrogens with zero attached hydrogens (tertiary/aromatic N) is 3. The monoisotopic (exact) mass is 231 g/mol. The van der Waals surface area contributed by atoms with Gasteiger partial charge in [-0.1, -0.05) is 0 Å². The van der Waals surface area contributed by atoms with Crippen molar-refractivity contribution in [3.8, 4) is 5.82 Å². The lowest BCUT2D eigenvalue weighted by Gasteiger charge is -1.99. The lowest BCUT2D eigenvalue weighted by atomic mass is 10.4. The summed E-state index contributed by atoms with van der Waals surface area (Å²) >= 11 is 0. The third kappa shape index (κ3) is 2.42. The van der Waals surface area contributed by atoms with Crippen LogP contribution in [0.1, 0.15) is 18.5 Å². The quantitative estimate of drug-likeness (QED) is 0.788. The van der Waals surface area contributed by atoms with Gasteiger partial charge in [-0.3, -0.25) is 9.36 Å². The Kier molecular flexibility index (Phi) is 2.49. The Bertz CT molecular complexity index is 549. The first-order chi connectivity index (χ1) is 8.31. The fourth-order valence-corrected chi connectivity index (χ4v) is 1.60. The van der Waals surface area contributed by atoms with Crippen molar-refractivity contribution in [1.82, 2.24) is 25.1 Å². The maximum absolute atomic E-state index is 10.9. The van der Waals surface area contributed by atoms with E-state index in [0.717, 1.165) is 12.2 Å². The topological polar surface area (TPSA) is 75.6 Å². The van der Waals surface area contributed by atoms with Gasteiger partial charge in [-0.25, -0.2) is 10.1 Å². The maximum Gasteiger partial charge on any atom is 0.264 e. The number of imidazole rings is 1. The van der Waals surface area contributed by atoms with E-state index >= 15 is 0 Å². The minimum atomic E-state index is -0.204. The second kappa shape index (κ2) is 4.14. The zero-order valence-electron chi connectivity index (χ0n) is 9.26. The molecule has 1 aliphatic rings. The van der Waals surface area contributed by atoms with E-state index in [9.17, 15) is 4.79 Å². The molecule has 0 unspecified atom stereocenters. The Balaban J connectivity index is 1.74. The Morgan fingerprint density at radius 2 is 2.35 bits per heavy atom. The van der Waals surface area contributed by atoms with E-state index in [-0.39, 0.29) is 5.56 Å². The molecule has 0 amide bonds. The van der Waals surface area contributed by atoms with E-state index in [0.29, 0.717) is 11.9 Å². The Morgan fingerprint density at radius 3 is 3.06 bits per heavy atom. The second-order valence-corrected chi connectivity index (χ2v) is 4.21. The predicted molar refractivity (Wildman–Crippen MR) is 61.8 cm³/mol. The Hall–Kier alpha value is -1.95. The standard InChI is InChI=1S/C11H13N5O/c17-11-4-3-10(14-15-11)16-6-9(13-7-16)5-12-8-1-2-8/h3-4,6-8,12H,1-2,5H2,(H,15,17). The smallest absolute Gasteiger partial charge is 0.264 e. The highest BCUT2D eigenvalue weighted by atomic mass is 16.1. The molecule has 0 atom stereocenters. The first-order valence-corrected chi connectivity index (χ1v) is 5.63. The van der Waals surface area contributed by atoms with E-state index < -0.39 is 0 Å². The van der Waals surface area contributed by atoms with Crippen LogP contribution in [0.4, 0.5) is 0 Å². The molecule has 2 aromatic heterocycles. The molecule has 88 valence electrons. The van der Waals surface area contributed by atoms with Crippen LogP contribution in [0.25, 0.3) is 5.82 Å². The first kappa shape index (κ1) is 10.2. The number of hydrogen-bond donors (Lipinski definition) is 2. The molecule has 0 spiro atoms. The SMILES string of the molecule is O=c1ccc(-n2cnc(CNC3CC3)c2)n[nH]1. The zero-order valence-corrected chi connectivity index (χ0v) is 9.26. The van der Waals surface area contributed by atoms with Crippen molar-refractivity contribution >= 4 is 0 Å². The molecule has 0 aromatic carbocycles. The third-order valence-corrected chi connectivity index (χ3v) is 2.71. The normalized spacial score (nSPS) is 15.1. The van der Waals surface area contributed by atoms with Crippen LogP contribution in [0, 0.1) is 0 Å². The largest absolute Gasteiger partial charge is 0.308 e. The average molecular weight is 231 g/mol. The number of aromatic amines is 1. The van der Waals surface area contributed by atoms with Crippen molar-refractivity contribution in [2.24, 2.45) is 0 Å². The van der Waals surface area contributed by atoms with Crippen molar-refractivity contribution in [3.05, 3.63) is 40.7 Å². The highest BCUT2D eigenvalue weighted by Gasteiger charge is 2.20. The molecule has 6 heteroatoms. The van der Waals surface area contributed by atoms with E-state index in [2.05, 4.69) is 20.5 Å². The fraction of sp³-hybridized carbons (Fsp3) is 0.364. The molecular formula is C11H13N5O. The summed E-state index contributed by atoms with van der Waals surface area (Å²) in [5.41, 5.74) is 0.773. The lowest BCUT2D eigenvalue weighted by Crippen LogP contribution is -2.15. The summed E-state index contributed by atoms with van der Waals surface area (Å²) in [5.74, 6) is 0.662. The number of rotatable bonds is 4. The molecule has 0 bridgehead atoms. The number of nitrogens with one attached hydrogen (secondary N) is 2. The molecule has 6 nitrogen and oxygen atoms in total. The minimum Gasteiger partial charge on any atom is -0.308 e. The molecule has 0 radical (unpaired) electrons. The molecule has 0 aliphatic heterocycles. The summed E-state index contributed by atoms with van der Waals surface area (Å²) in [6, 6.07) is 3.79. The van der Waals surface area contributed by atoms with E-state index in [1.807, 2.05) is 6.20 Å². The lowest BCUT2D eigenvalue weighted by molar-refractivity contribution is 0.677. The van der Waals surface area contributed by atoms with Gasteiger partial charge in [0.05, 0.1) is 5.69 Å². The van der Waals surface area contributed by atoms with Crippen molar-refractivity contribution in [1.29, 1.82) is 0 Å². The van der Waals surface area contributed by atoms with Crippen LogP contribution in [-0.4, -0.2) is 25.8 Å². The number of hydrogen-bond acceptors (Lipinski definition) is 4. The summed E-state index contributed by atoms with van der Waals surface area (Å²) in [5, 5.41) is 9.73. The average Bonchev–Trinajstić information content (AvgIpc) is 3.06. The molecule has 2 aromatic rings. The van der Waals surface area contributed by atoms with Crippen molar-refractivity contribution in [2.75, 3.05) is 0 Å². The van der Waals surface area contributed by atoms with Crippen molar-refractivity contribution < 1.29 is 0 Å².